The van der Waals surface area contributed by atoms with Crippen LogP contribution in [0.3, 0.4) is 0 Å². The van der Waals surface area contributed by atoms with E-state index in [9.17, 15) is 4.79 Å². The Balaban J connectivity index is 1.75. The molecule has 2 aromatic rings. The number of nitrogens with zero attached hydrogens (tertiary/aromatic N) is 1. The van der Waals surface area contributed by atoms with Crippen LogP contribution in [0.5, 0.6) is 11.5 Å². The van der Waals surface area contributed by atoms with E-state index in [1.807, 2.05) is 42.5 Å². The molecule has 29 heavy (non-hydrogen) atoms. The lowest BCUT2D eigenvalue weighted by Crippen LogP contribution is -2.31. The van der Waals surface area contributed by atoms with Crippen LogP contribution in [-0.4, -0.2) is 42.5 Å². The largest absolute Gasteiger partial charge is 0.493 e. The van der Waals surface area contributed by atoms with Gasteiger partial charge in [-0.25, -0.2) is 0 Å². The van der Waals surface area contributed by atoms with Crippen molar-refractivity contribution in [1.82, 2.24) is 4.90 Å². The van der Waals surface area contributed by atoms with Crippen molar-refractivity contribution in [3.05, 3.63) is 63.5 Å². The molecule has 1 amide bonds. The highest BCUT2D eigenvalue weighted by Crippen LogP contribution is 2.35. The van der Waals surface area contributed by atoms with Gasteiger partial charge in [-0.05, 0) is 29.8 Å². The maximum absolute atomic E-state index is 12.6. The molecule has 0 bridgehead atoms. The predicted octanol–water partition coefficient (Wildman–Crippen LogP) is 4.78. The lowest BCUT2D eigenvalue weighted by Gasteiger charge is -2.13. The number of carbonyl (C=O) groups is 1. The third-order valence-electron chi connectivity index (χ3n) is 4.22. The van der Waals surface area contributed by atoms with Crippen LogP contribution in [0.25, 0.3) is 6.08 Å². The van der Waals surface area contributed by atoms with Crippen molar-refractivity contribution in [3.8, 4) is 11.5 Å². The number of hydrogen-bond donors (Lipinski definition) is 0. The van der Waals surface area contributed by atoms with Crippen molar-refractivity contribution in [1.29, 1.82) is 0 Å². The van der Waals surface area contributed by atoms with Crippen LogP contribution >= 0.6 is 35.6 Å². The molecule has 1 aliphatic heterocycles. The van der Waals surface area contributed by atoms with E-state index < -0.39 is 0 Å². The van der Waals surface area contributed by atoms with Crippen molar-refractivity contribution in [2.75, 3.05) is 27.4 Å². The highest BCUT2D eigenvalue weighted by Gasteiger charge is 2.31. The van der Waals surface area contributed by atoms with Gasteiger partial charge in [0.15, 0.2) is 11.5 Å². The fourth-order valence-corrected chi connectivity index (χ4v) is 4.19. The zero-order valence-electron chi connectivity index (χ0n) is 16.0. The average Bonchev–Trinajstić information content (AvgIpc) is 2.99. The molecule has 0 radical (unpaired) electrons. The smallest absolute Gasteiger partial charge is 0.266 e. The van der Waals surface area contributed by atoms with Crippen molar-refractivity contribution < 1.29 is 19.0 Å². The van der Waals surface area contributed by atoms with Gasteiger partial charge in [-0.15, -0.1) is 0 Å². The molecule has 8 heteroatoms. The molecule has 152 valence electrons. The summed E-state index contributed by atoms with van der Waals surface area (Å²) in [5, 5.41) is 0.651. The van der Waals surface area contributed by atoms with Gasteiger partial charge in [0.1, 0.15) is 10.9 Å². The zero-order valence-corrected chi connectivity index (χ0v) is 18.4. The van der Waals surface area contributed by atoms with Crippen molar-refractivity contribution >= 4 is 51.9 Å². The normalized spacial score (nSPS) is 15.3. The topological polar surface area (TPSA) is 48.0 Å². The minimum Gasteiger partial charge on any atom is -0.493 e. The monoisotopic (exact) mass is 449 g/mol. The molecule has 0 N–H and O–H groups in total. The first-order chi connectivity index (χ1) is 14.0. The van der Waals surface area contributed by atoms with Crippen molar-refractivity contribution in [2.24, 2.45) is 0 Å². The molecule has 1 aliphatic rings. The van der Waals surface area contributed by atoms with Gasteiger partial charge < -0.3 is 14.2 Å². The summed E-state index contributed by atoms with van der Waals surface area (Å²) < 4.78 is 16.9. The summed E-state index contributed by atoms with van der Waals surface area (Å²) in [6.07, 6.45) is 1.80. The fraction of sp³-hybridized carbons (Fsp3) is 0.238. The number of ether oxygens (including phenoxy) is 3. The van der Waals surface area contributed by atoms with Crippen molar-refractivity contribution in [2.45, 2.75) is 6.61 Å². The van der Waals surface area contributed by atoms with E-state index in [0.29, 0.717) is 45.5 Å². The van der Waals surface area contributed by atoms with Crippen LogP contribution < -0.4 is 9.47 Å². The third-order valence-corrected chi connectivity index (χ3v) is 5.97. The number of thioether (sulfide) groups is 1. The van der Waals surface area contributed by atoms with Crippen LogP contribution in [0, 0.1) is 0 Å². The summed E-state index contributed by atoms with van der Waals surface area (Å²) in [4.78, 5) is 14.7. The summed E-state index contributed by atoms with van der Waals surface area (Å²) in [7, 11) is 3.17. The number of carbonyl (C=O) groups excluding carboxylic acids is 1. The molecule has 2 aromatic carbocycles. The highest BCUT2D eigenvalue weighted by atomic mass is 35.5. The van der Waals surface area contributed by atoms with Crippen LogP contribution in [-0.2, 0) is 16.1 Å². The second kappa shape index (κ2) is 10.1. The molecule has 5 nitrogen and oxygen atoms in total. The van der Waals surface area contributed by atoms with Gasteiger partial charge in [-0.3, -0.25) is 9.69 Å². The van der Waals surface area contributed by atoms with Gasteiger partial charge in [0.05, 0.1) is 25.2 Å². The van der Waals surface area contributed by atoms with Crippen LogP contribution in [0.2, 0.25) is 5.02 Å². The number of benzene rings is 2. The molecule has 1 heterocycles. The minimum atomic E-state index is -0.116. The van der Waals surface area contributed by atoms with Gasteiger partial charge >= 0.3 is 0 Å². The number of halogens is 1. The number of hydrogen-bond acceptors (Lipinski definition) is 6. The Morgan fingerprint density at radius 2 is 1.97 bits per heavy atom. The molecule has 0 atom stereocenters. The SMILES string of the molecule is COCCN1C(=O)C(=Cc2ccc(OCc3ccccc3Cl)c(OC)c2)SC1=S. The van der Waals surface area contributed by atoms with Crippen LogP contribution in [0.4, 0.5) is 0 Å². The molecule has 1 saturated heterocycles. The number of methoxy groups -OCH3 is 2. The Morgan fingerprint density at radius 3 is 2.69 bits per heavy atom. The van der Waals surface area contributed by atoms with Gasteiger partial charge in [-0.2, -0.15) is 0 Å². The first kappa shape index (κ1) is 21.6. The maximum Gasteiger partial charge on any atom is 0.266 e. The minimum absolute atomic E-state index is 0.116. The van der Waals surface area contributed by atoms with E-state index in [-0.39, 0.29) is 5.91 Å². The van der Waals surface area contributed by atoms with E-state index in [1.165, 1.54) is 11.8 Å². The van der Waals surface area contributed by atoms with E-state index in [1.54, 1.807) is 25.2 Å². The Kier molecular flexibility index (Phi) is 7.55. The molecule has 0 aliphatic carbocycles. The lowest BCUT2D eigenvalue weighted by atomic mass is 10.1. The van der Waals surface area contributed by atoms with E-state index >= 15 is 0 Å². The number of amides is 1. The summed E-state index contributed by atoms with van der Waals surface area (Å²) in [5.74, 6) is 1.05. The standard InChI is InChI=1S/C21H20ClNO4S2/c1-25-10-9-23-20(24)19(29-21(23)28)12-14-7-8-17(18(11-14)26-2)27-13-15-5-3-4-6-16(15)22/h3-8,11-12H,9-10,13H2,1-2H3. The predicted molar refractivity (Wildman–Crippen MR) is 121 cm³/mol. The average molecular weight is 450 g/mol. The molecular weight excluding hydrogens is 430 g/mol. The Morgan fingerprint density at radius 1 is 1.17 bits per heavy atom. The van der Waals surface area contributed by atoms with E-state index in [0.717, 1.165) is 11.1 Å². The molecule has 0 spiro atoms. The molecule has 1 fully saturated rings. The van der Waals surface area contributed by atoms with Gasteiger partial charge in [-0.1, -0.05) is 59.8 Å². The van der Waals surface area contributed by atoms with Crippen LogP contribution in [0.15, 0.2) is 47.4 Å². The van der Waals surface area contributed by atoms with Gasteiger partial charge in [0.25, 0.3) is 5.91 Å². The summed E-state index contributed by atoms with van der Waals surface area (Å²) in [5.41, 5.74) is 1.71. The second-order valence-electron chi connectivity index (χ2n) is 6.12. The van der Waals surface area contributed by atoms with E-state index in [4.69, 9.17) is 38.0 Å². The molecule has 0 saturated carbocycles. The molecule has 3 rings (SSSR count). The third kappa shape index (κ3) is 5.30. The summed E-state index contributed by atoms with van der Waals surface area (Å²) in [6, 6.07) is 13.0. The fourth-order valence-electron chi connectivity index (χ4n) is 2.69. The van der Waals surface area contributed by atoms with Gasteiger partial charge in [0, 0.05) is 17.7 Å². The Labute approximate surface area is 184 Å². The molecular formula is C21H20ClNO4S2. The van der Waals surface area contributed by atoms with Crippen molar-refractivity contribution in [3.63, 3.8) is 0 Å². The molecule has 0 unspecified atom stereocenters. The lowest BCUT2D eigenvalue weighted by molar-refractivity contribution is -0.122. The first-order valence-corrected chi connectivity index (χ1v) is 10.4. The number of thiocarbonyl (C=S) groups is 1. The zero-order chi connectivity index (χ0) is 20.8. The summed E-state index contributed by atoms with van der Waals surface area (Å²) >= 11 is 12.8. The summed E-state index contributed by atoms with van der Waals surface area (Å²) in [6.45, 7) is 1.20. The second-order valence-corrected chi connectivity index (χ2v) is 8.20. The Hall–Kier alpha value is -2.06. The van der Waals surface area contributed by atoms with E-state index in [2.05, 4.69) is 0 Å². The highest BCUT2D eigenvalue weighted by molar-refractivity contribution is 8.26. The number of rotatable bonds is 8. The Bertz CT molecular complexity index is 948. The van der Waals surface area contributed by atoms with Crippen LogP contribution in [0.1, 0.15) is 11.1 Å². The molecule has 0 aromatic heterocycles. The van der Waals surface area contributed by atoms with Gasteiger partial charge in [0.2, 0.25) is 0 Å². The first-order valence-electron chi connectivity index (χ1n) is 8.82. The quantitative estimate of drug-likeness (QED) is 0.427. The maximum atomic E-state index is 12.6.